The van der Waals surface area contributed by atoms with Crippen molar-refractivity contribution in [2.45, 2.75) is 111 Å². The first-order valence-electron chi connectivity index (χ1n) is 13.2. The Morgan fingerprint density at radius 1 is 1.07 bits per heavy atom. The fourth-order valence-corrected chi connectivity index (χ4v) is 9.15. The maximum absolute atomic E-state index is 10.2. The van der Waals surface area contributed by atoms with Crippen molar-refractivity contribution in [3.05, 3.63) is 11.6 Å². The van der Waals surface area contributed by atoms with Gasteiger partial charge in [-0.3, -0.25) is 0 Å². The first-order valence-corrected chi connectivity index (χ1v) is 13.2. The normalized spacial score (nSPS) is 51.0. The van der Waals surface area contributed by atoms with Crippen molar-refractivity contribution in [2.24, 2.45) is 46.3 Å². The van der Waals surface area contributed by atoms with Crippen LogP contribution in [0.15, 0.2) is 11.6 Å². The van der Waals surface area contributed by atoms with E-state index in [4.69, 9.17) is 4.74 Å². The molecule has 3 saturated carbocycles. The Hall–Kier alpha value is -0.340. The van der Waals surface area contributed by atoms with Gasteiger partial charge in [-0.15, -0.1) is 0 Å². The summed E-state index contributed by atoms with van der Waals surface area (Å²) in [5.41, 5.74) is 2.75. The summed E-state index contributed by atoms with van der Waals surface area (Å²) in [5, 5.41) is 10.2. The van der Waals surface area contributed by atoms with E-state index in [0.717, 1.165) is 49.0 Å². The Kier molecular flexibility index (Phi) is 5.26. The Morgan fingerprint density at radius 2 is 1.83 bits per heavy atom. The van der Waals surface area contributed by atoms with Gasteiger partial charge < -0.3 is 9.84 Å². The maximum Gasteiger partial charge on any atom is 0.0939 e. The quantitative estimate of drug-likeness (QED) is 0.398. The number of allylic oxidation sites excluding steroid dienone is 1. The van der Waals surface area contributed by atoms with Gasteiger partial charge in [0.05, 0.1) is 18.3 Å². The second-order valence-electron chi connectivity index (χ2n) is 12.9. The average Bonchev–Trinajstić information content (AvgIpc) is 3.42. The highest BCUT2D eigenvalue weighted by Crippen LogP contribution is 2.67. The lowest BCUT2D eigenvalue weighted by molar-refractivity contribution is -0.0576. The second kappa shape index (κ2) is 7.34. The molecule has 30 heavy (non-hydrogen) atoms. The fraction of sp³-hybridized carbons (Fsp3) is 0.929. The summed E-state index contributed by atoms with van der Waals surface area (Å²) in [6.45, 7) is 13.5. The molecule has 4 fully saturated rings. The van der Waals surface area contributed by atoms with Crippen molar-refractivity contribution >= 4 is 0 Å². The van der Waals surface area contributed by atoms with Gasteiger partial charge in [0.25, 0.3) is 0 Å². The molecule has 1 N–H and O–H groups in total. The first-order chi connectivity index (χ1) is 14.2. The minimum Gasteiger partial charge on any atom is -0.393 e. The van der Waals surface area contributed by atoms with Crippen molar-refractivity contribution in [3.8, 4) is 0 Å². The molecule has 9 atom stereocenters. The summed E-state index contributed by atoms with van der Waals surface area (Å²) >= 11 is 0. The van der Waals surface area contributed by atoms with Crippen molar-refractivity contribution in [1.82, 2.24) is 0 Å². The van der Waals surface area contributed by atoms with E-state index in [2.05, 4.69) is 40.7 Å². The second-order valence-corrected chi connectivity index (χ2v) is 12.9. The van der Waals surface area contributed by atoms with E-state index in [1.54, 1.807) is 5.57 Å². The van der Waals surface area contributed by atoms with Crippen molar-refractivity contribution in [3.63, 3.8) is 0 Å². The molecular weight excluding hydrogens is 368 g/mol. The lowest BCUT2D eigenvalue weighted by Gasteiger charge is -2.58. The van der Waals surface area contributed by atoms with Crippen LogP contribution in [-0.4, -0.2) is 23.4 Å². The molecule has 4 aliphatic carbocycles. The number of hydrogen-bond donors (Lipinski definition) is 1. The zero-order chi connectivity index (χ0) is 21.3. The third-order valence-corrected chi connectivity index (χ3v) is 11.4. The molecule has 0 bridgehead atoms. The molecule has 170 valence electrons. The summed E-state index contributed by atoms with van der Waals surface area (Å²) in [6, 6.07) is 0. The van der Waals surface area contributed by atoms with Crippen LogP contribution in [-0.2, 0) is 4.74 Å². The molecule has 4 unspecified atom stereocenters. The highest BCUT2D eigenvalue weighted by atomic mass is 16.6. The Balaban J connectivity index is 1.30. The zero-order valence-corrected chi connectivity index (χ0v) is 20.3. The van der Waals surface area contributed by atoms with Crippen LogP contribution in [0.3, 0.4) is 0 Å². The van der Waals surface area contributed by atoms with Crippen LogP contribution in [0.4, 0.5) is 0 Å². The van der Waals surface area contributed by atoms with E-state index in [1.807, 2.05) is 0 Å². The van der Waals surface area contributed by atoms with Crippen LogP contribution in [0.2, 0.25) is 0 Å². The van der Waals surface area contributed by atoms with Gasteiger partial charge in [-0.2, -0.15) is 0 Å². The minimum atomic E-state index is -0.0870. The van der Waals surface area contributed by atoms with Crippen LogP contribution in [0.25, 0.3) is 0 Å². The minimum absolute atomic E-state index is 0.0870. The van der Waals surface area contributed by atoms with Crippen LogP contribution >= 0.6 is 0 Å². The van der Waals surface area contributed by atoms with Crippen LogP contribution < -0.4 is 0 Å². The molecule has 1 aliphatic heterocycles. The topological polar surface area (TPSA) is 32.8 Å². The monoisotopic (exact) mass is 414 g/mol. The van der Waals surface area contributed by atoms with Gasteiger partial charge in [-0.1, -0.05) is 46.3 Å². The number of ether oxygens (including phenoxy) is 1. The SMILES string of the molecule is CC(C)[C@@]1(CC[C@@H](C)C2CCC3C4CC=C5C[C@@H](O)CC[C@]5(C)C4CC[C@@]32C)CO1. The molecule has 0 aromatic heterocycles. The number of rotatable bonds is 5. The number of hydrogen-bond acceptors (Lipinski definition) is 2. The Morgan fingerprint density at radius 3 is 2.53 bits per heavy atom. The van der Waals surface area contributed by atoms with E-state index in [9.17, 15) is 5.11 Å². The summed E-state index contributed by atoms with van der Waals surface area (Å²) in [5.74, 6) is 5.05. The van der Waals surface area contributed by atoms with E-state index < -0.39 is 0 Å². The van der Waals surface area contributed by atoms with Crippen molar-refractivity contribution in [2.75, 3.05) is 6.61 Å². The lowest BCUT2D eigenvalue weighted by Crippen LogP contribution is -2.50. The number of fused-ring (bicyclic) bond motifs is 5. The smallest absolute Gasteiger partial charge is 0.0939 e. The third kappa shape index (κ3) is 3.18. The molecule has 2 heteroatoms. The molecule has 0 aromatic rings. The van der Waals surface area contributed by atoms with Gasteiger partial charge in [-0.25, -0.2) is 0 Å². The molecular formula is C28H46O2. The zero-order valence-electron chi connectivity index (χ0n) is 20.3. The maximum atomic E-state index is 10.2. The third-order valence-electron chi connectivity index (χ3n) is 11.4. The molecule has 2 nitrogen and oxygen atoms in total. The molecule has 0 spiro atoms. The van der Waals surface area contributed by atoms with Crippen molar-refractivity contribution < 1.29 is 9.84 Å². The predicted molar refractivity (Wildman–Crippen MR) is 123 cm³/mol. The molecule has 0 amide bonds. The first kappa shape index (κ1) is 21.5. The van der Waals surface area contributed by atoms with Crippen LogP contribution in [0.1, 0.15) is 98.8 Å². The highest BCUT2D eigenvalue weighted by molar-refractivity contribution is 5.25. The Bertz CT molecular complexity index is 691. The molecule has 0 aromatic carbocycles. The molecule has 5 rings (SSSR count). The summed E-state index contributed by atoms with van der Waals surface area (Å²) in [7, 11) is 0. The number of aliphatic hydroxyl groups is 1. The van der Waals surface area contributed by atoms with Crippen LogP contribution in [0.5, 0.6) is 0 Å². The molecule has 0 radical (unpaired) electrons. The van der Waals surface area contributed by atoms with E-state index >= 15 is 0 Å². The van der Waals surface area contributed by atoms with Crippen LogP contribution in [0, 0.1) is 46.3 Å². The van der Waals surface area contributed by atoms with E-state index in [-0.39, 0.29) is 11.7 Å². The largest absolute Gasteiger partial charge is 0.393 e. The highest BCUT2D eigenvalue weighted by Gasteiger charge is 2.59. The molecule has 5 aliphatic rings. The average molecular weight is 415 g/mol. The summed E-state index contributed by atoms with van der Waals surface area (Å²) in [4.78, 5) is 0. The van der Waals surface area contributed by atoms with Gasteiger partial charge in [0.1, 0.15) is 0 Å². The summed E-state index contributed by atoms with van der Waals surface area (Å²) < 4.78 is 5.92. The lowest BCUT2D eigenvalue weighted by atomic mass is 9.47. The van der Waals surface area contributed by atoms with Gasteiger partial charge in [0.15, 0.2) is 0 Å². The van der Waals surface area contributed by atoms with Gasteiger partial charge in [0.2, 0.25) is 0 Å². The number of epoxide rings is 1. The summed E-state index contributed by atoms with van der Waals surface area (Å²) in [6.07, 6.45) is 15.3. The fourth-order valence-electron chi connectivity index (χ4n) is 9.15. The molecule has 1 saturated heterocycles. The van der Waals surface area contributed by atoms with Gasteiger partial charge in [-0.05, 0) is 111 Å². The predicted octanol–water partition coefficient (Wildman–Crippen LogP) is 6.77. The van der Waals surface area contributed by atoms with Crippen molar-refractivity contribution in [1.29, 1.82) is 0 Å². The van der Waals surface area contributed by atoms with Gasteiger partial charge in [0, 0.05) is 0 Å². The number of aliphatic hydroxyl groups excluding tert-OH is 1. The van der Waals surface area contributed by atoms with E-state index in [0.29, 0.717) is 16.7 Å². The van der Waals surface area contributed by atoms with Gasteiger partial charge >= 0.3 is 0 Å². The standard InChI is InChI=1S/C28H46O2/c1-18(2)28(17-30-28)15-10-19(3)23-8-9-24-22-7-6-20-16-21(29)11-13-26(20,4)25(22)12-14-27(23,24)5/h6,18-19,21-25,29H,7-17H2,1-5H3/t19-,21+,22?,23?,24?,25?,26+,27-,28-/m1/s1. The van der Waals surface area contributed by atoms with E-state index in [1.165, 1.54) is 51.4 Å². The molecule has 1 heterocycles. The Labute approximate surface area is 185 Å².